The van der Waals surface area contributed by atoms with E-state index in [1.165, 1.54) is 0 Å². The van der Waals surface area contributed by atoms with Crippen molar-refractivity contribution in [2.45, 2.75) is 77.7 Å². The molecule has 0 radical (unpaired) electrons. The Labute approximate surface area is 114 Å². The molecule has 2 N–H and O–H groups in total. The fourth-order valence-electron chi connectivity index (χ4n) is 1.78. The number of ether oxygens (including phenoxy) is 1. The second-order valence-electron chi connectivity index (χ2n) is 6.85. The van der Waals surface area contributed by atoms with Crippen LogP contribution in [-0.4, -0.2) is 38.4 Å². The first-order valence-corrected chi connectivity index (χ1v) is 12.3. The molecule has 0 spiro atoms. The summed E-state index contributed by atoms with van der Waals surface area (Å²) in [4.78, 5) is 20.6. The molecular formula is C12H30O4Si2. The molecule has 6 heteroatoms. The Bertz CT molecular complexity index is 279. The Morgan fingerprint density at radius 3 is 1.56 bits per heavy atom. The lowest BCUT2D eigenvalue weighted by atomic mass is 10.0. The van der Waals surface area contributed by atoms with Crippen molar-refractivity contribution in [3.05, 3.63) is 0 Å². The van der Waals surface area contributed by atoms with E-state index in [4.69, 9.17) is 9.16 Å². The zero-order chi connectivity index (χ0) is 15.0. The number of hydrogen-bond acceptors (Lipinski definition) is 4. The van der Waals surface area contributed by atoms with Gasteiger partial charge in [-0.15, -0.1) is 0 Å². The van der Waals surface area contributed by atoms with Gasteiger partial charge in [0.1, 0.15) is 0 Å². The highest BCUT2D eigenvalue weighted by Gasteiger charge is 2.56. The van der Waals surface area contributed by atoms with Crippen LogP contribution in [0.25, 0.3) is 0 Å². The van der Waals surface area contributed by atoms with Crippen molar-refractivity contribution in [3.63, 3.8) is 0 Å². The zero-order valence-electron chi connectivity index (χ0n) is 13.3. The third-order valence-electron chi connectivity index (χ3n) is 3.57. The van der Waals surface area contributed by atoms with Crippen LogP contribution in [0.1, 0.15) is 34.6 Å². The van der Waals surface area contributed by atoms with Crippen LogP contribution < -0.4 is 0 Å². The zero-order valence-corrected chi connectivity index (χ0v) is 15.3. The first-order chi connectivity index (χ1) is 7.62. The van der Waals surface area contributed by atoms with Gasteiger partial charge in [-0.2, -0.15) is 0 Å². The van der Waals surface area contributed by atoms with Crippen LogP contribution in [0.3, 0.4) is 0 Å². The van der Waals surface area contributed by atoms with E-state index in [0.717, 1.165) is 0 Å². The van der Waals surface area contributed by atoms with E-state index in [1.54, 1.807) is 13.1 Å². The molecule has 0 aliphatic carbocycles. The van der Waals surface area contributed by atoms with Crippen molar-refractivity contribution in [1.29, 1.82) is 0 Å². The maximum absolute atomic E-state index is 10.5. The van der Waals surface area contributed by atoms with Crippen molar-refractivity contribution in [2.75, 3.05) is 0 Å². The number of rotatable bonds is 6. The second-order valence-corrected chi connectivity index (χ2v) is 14.3. The molecule has 0 rings (SSSR count). The smallest absolute Gasteiger partial charge is 0.331 e. The van der Waals surface area contributed by atoms with E-state index in [0.29, 0.717) is 0 Å². The Balaban J connectivity index is 5.47. The van der Waals surface area contributed by atoms with Crippen molar-refractivity contribution >= 4 is 16.9 Å². The lowest BCUT2D eigenvalue weighted by Crippen LogP contribution is -2.59. The fraction of sp³-hybridized carbons (Fsp3) is 1.00. The SMILES string of the molecule is CC(C)OC(C)(O[Si](C)(C)O)C(C)(C)[Si](C)(C)O. The van der Waals surface area contributed by atoms with E-state index in [1.807, 2.05) is 47.7 Å². The highest BCUT2D eigenvalue weighted by Crippen LogP contribution is 2.49. The van der Waals surface area contributed by atoms with Gasteiger partial charge in [0.2, 0.25) is 0 Å². The molecule has 0 aliphatic rings. The molecule has 0 aromatic carbocycles. The van der Waals surface area contributed by atoms with Gasteiger partial charge in [-0.05, 0) is 47.0 Å². The van der Waals surface area contributed by atoms with Crippen LogP contribution in [0.5, 0.6) is 0 Å². The minimum absolute atomic E-state index is 0.0398. The molecule has 4 nitrogen and oxygen atoms in total. The molecule has 0 saturated carbocycles. The molecule has 0 saturated heterocycles. The fourth-order valence-corrected chi connectivity index (χ4v) is 4.36. The van der Waals surface area contributed by atoms with Gasteiger partial charge in [0.15, 0.2) is 14.1 Å². The monoisotopic (exact) mass is 294 g/mol. The van der Waals surface area contributed by atoms with Crippen molar-refractivity contribution in [1.82, 2.24) is 0 Å². The van der Waals surface area contributed by atoms with Gasteiger partial charge in [0.25, 0.3) is 0 Å². The summed E-state index contributed by atoms with van der Waals surface area (Å²) in [5.41, 5.74) is 0. The minimum atomic E-state index is -2.76. The Morgan fingerprint density at radius 2 is 1.33 bits per heavy atom. The van der Waals surface area contributed by atoms with Crippen LogP contribution in [0.15, 0.2) is 0 Å². The largest absolute Gasteiger partial charge is 0.432 e. The van der Waals surface area contributed by atoms with Gasteiger partial charge in [-0.1, -0.05) is 13.8 Å². The predicted molar refractivity (Wildman–Crippen MR) is 79.2 cm³/mol. The first kappa shape index (κ1) is 18.3. The third-order valence-corrected chi connectivity index (χ3v) is 7.97. The summed E-state index contributed by atoms with van der Waals surface area (Å²) in [6, 6.07) is 0. The highest BCUT2D eigenvalue weighted by atomic mass is 28.4. The quantitative estimate of drug-likeness (QED) is 0.584. The Hall–Kier alpha value is 0.274. The summed E-state index contributed by atoms with van der Waals surface area (Å²) in [6.45, 7) is 16.7. The van der Waals surface area contributed by atoms with Gasteiger partial charge in [0.05, 0.1) is 6.10 Å². The summed E-state index contributed by atoms with van der Waals surface area (Å²) >= 11 is 0. The van der Waals surface area contributed by atoms with E-state index < -0.39 is 27.7 Å². The molecule has 0 aliphatic heterocycles. The van der Waals surface area contributed by atoms with E-state index in [2.05, 4.69) is 0 Å². The van der Waals surface area contributed by atoms with Crippen molar-refractivity contribution < 1.29 is 18.8 Å². The predicted octanol–water partition coefficient (Wildman–Crippen LogP) is 2.82. The summed E-state index contributed by atoms with van der Waals surface area (Å²) < 4.78 is 11.8. The lowest BCUT2D eigenvalue weighted by Gasteiger charge is -2.51. The maximum Gasteiger partial charge on any atom is 0.331 e. The van der Waals surface area contributed by atoms with E-state index in [9.17, 15) is 9.59 Å². The van der Waals surface area contributed by atoms with Crippen LogP contribution in [0.2, 0.25) is 31.2 Å². The molecule has 0 aromatic rings. The van der Waals surface area contributed by atoms with Gasteiger partial charge in [-0.3, -0.25) is 0 Å². The molecular weight excluding hydrogens is 264 g/mol. The molecule has 110 valence electrons. The van der Waals surface area contributed by atoms with E-state index in [-0.39, 0.29) is 6.10 Å². The lowest BCUT2D eigenvalue weighted by molar-refractivity contribution is -0.226. The third kappa shape index (κ3) is 4.43. The molecule has 0 bridgehead atoms. The van der Waals surface area contributed by atoms with Crippen molar-refractivity contribution in [2.24, 2.45) is 0 Å². The molecule has 1 unspecified atom stereocenters. The summed E-state index contributed by atoms with van der Waals surface area (Å²) in [5, 5.41) is -0.544. The molecule has 0 amide bonds. The van der Waals surface area contributed by atoms with Crippen molar-refractivity contribution in [3.8, 4) is 0 Å². The standard InChI is InChI=1S/C12H30O4Si2/c1-10(2)15-12(5,16-18(8,9)14)11(3,4)17(6,7)13/h10,13-14H,1-9H3. The first-order valence-electron chi connectivity index (χ1n) is 6.45. The summed E-state index contributed by atoms with van der Waals surface area (Å²) in [5.74, 6) is -0.990. The van der Waals surface area contributed by atoms with Gasteiger partial charge < -0.3 is 18.8 Å². The van der Waals surface area contributed by atoms with Crippen LogP contribution in [-0.2, 0) is 9.16 Å². The molecule has 0 fully saturated rings. The molecule has 18 heavy (non-hydrogen) atoms. The summed E-state index contributed by atoms with van der Waals surface area (Å²) in [7, 11) is -5.29. The Kier molecular flexibility index (Phi) is 5.42. The molecule has 0 heterocycles. The van der Waals surface area contributed by atoms with Crippen LogP contribution in [0.4, 0.5) is 0 Å². The van der Waals surface area contributed by atoms with Gasteiger partial charge in [0, 0.05) is 5.04 Å². The number of hydrogen-bond donors (Lipinski definition) is 2. The summed E-state index contributed by atoms with van der Waals surface area (Å²) in [6.07, 6.45) is -0.0398. The average molecular weight is 295 g/mol. The Morgan fingerprint density at radius 1 is 0.944 bits per heavy atom. The van der Waals surface area contributed by atoms with Crippen LogP contribution >= 0.6 is 0 Å². The van der Waals surface area contributed by atoms with Gasteiger partial charge >= 0.3 is 8.56 Å². The highest BCUT2D eigenvalue weighted by molar-refractivity contribution is 6.73. The van der Waals surface area contributed by atoms with Crippen LogP contribution in [0, 0.1) is 0 Å². The minimum Gasteiger partial charge on any atom is -0.432 e. The van der Waals surface area contributed by atoms with Gasteiger partial charge in [-0.25, -0.2) is 0 Å². The molecule has 1 atom stereocenters. The second kappa shape index (κ2) is 5.34. The normalized spacial score (nSPS) is 18.0. The molecule has 0 aromatic heterocycles. The average Bonchev–Trinajstić information content (AvgIpc) is 1.94. The maximum atomic E-state index is 10.5. The van der Waals surface area contributed by atoms with E-state index >= 15 is 0 Å². The topological polar surface area (TPSA) is 58.9 Å².